The second kappa shape index (κ2) is 7.50. The molecule has 2 aromatic rings. The van der Waals surface area contributed by atoms with Gasteiger partial charge in [-0.3, -0.25) is 0 Å². The molecule has 1 N–H and O–H groups in total. The number of hydrogen-bond acceptors (Lipinski definition) is 2. The summed E-state index contributed by atoms with van der Waals surface area (Å²) in [6.45, 7) is 2.88. The van der Waals surface area contributed by atoms with E-state index < -0.39 is 0 Å². The van der Waals surface area contributed by atoms with Crippen molar-refractivity contribution in [1.82, 2.24) is 5.32 Å². The minimum Gasteiger partial charge on any atom is -0.495 e. The first-order valence-corrected chi connectivity index (χ1v) is 8.14. The third-order valence-electron chi connectivity index (χ3n) is 3.21. The van der Waals surface area contributed by atoms with Gasteiger partial charge >= 0.3 is 0 Å². The molecular weight excluding hydrogens is 373 g/mol. The Kier molecular flexibility index (Phi) is 5.94. The molecule has 0 aromatic heterocycles. The Morgan fingerprint density at radius 2 is 2.00 bits per heavy atom. The van der Waals surface area contributed by atoms with Crippen LogP contribution in [0.25, 0.3) is 0 Å². The van der Waals surface area contributed by atoms with Gasteiger partial charge in [-0.2, -0.15) is 0 Å². The Bertz CT molecular complexity index is 634. The van der Waals surface area contributed by atoms with Gasteiger partial charge in [-0.25, -0.2) is 0 Å². The molecule has 0 spiro atoms. The Hall–Kier alpha value is -0.740. The standard InChI is InChI=1S/C16H16BrCl2NO/c1-3-20-16(11-5-4-6-12(17)15(11)19)10-7-8-14(21-2)13(18)9-10/h4-9,16,20H,3H2,1-2H3. The number of hydrogen-bond donors (Lipinski definition) is 1. The summed E-state index contributed by atoms with van der Waals surface area (Å²) >= 11 is 16.1. The van der Waals surface area contributed by atoms with Crippen LogP contribution in [-0.2, 0) is 0 Å². The number of halogens is 3. The molecule has 0 heterocycles. The quantitative estimate of drug-likeness (QED) is 0.733. The summed E-state index contributed by atoms with van der Waals surface area (Å²) in [7, 11) is 1.60. The number of ether oxygens (including phenoxy) is 1. The lowest BCUT2D eigenvalue weighted by atomic mass is 9.98. The van der Waals surface area contributed by atoms with Crippen molar-refractivity contribution in [1.29, 1.82) is 0 Å². The average molecular weight is 389 g/mol. The van der Waals surface area contributed by atoms with Crippen molar-refractivity contribution < 1.29 is 4.74 Å². The third-order valence-corrected chi connectivity index (χ3v) is 4.82. The van der Waals surface area contributed by atoms with Crippen molar-refractivity contribution in [3.05, 3.63) is 62.0 Å². The highest BCUT2D eigenvalue weighted by atomic mass is 79.9. The molecule has 2 nitrogen and oxygen atoms in total. The van der Waals surface area contributed by atoms with E-state index in [-0.39, 0.29) is 6.04 Å². The summed E-state index contributed by atoms with van der Waals surface area (Å²) < 4.78 is 6.08. The normalized spacial score (nSPS) is 12.2. The van der Waals surface area contributed by atoms with Gasteiger partial charge < -0.3 is 10.1 Å². The van der Waals surface area contributed by atoms with Gasteiger partial charge in [0.1, 0.15) is 5.75 Å². The summed E-state index contributed by atoms with van der Waals surface area (Å²) in [5.41, 5.74) is 2.05. The topological polar surface area (TPSA) is 21.3 Å². The highest BCUT2D eigenvalue weighted by Gasteiger charge is 2.18. The average Bonchev–Trinajstić information content (AvgIpc) is 2.48. The zero-order chi connectivity index (χ0) is 15.4. The number of rotatable bonds is 5. The van der Waals surface area contributed by atoms with Crippen molar-refractivity contribution in [3.8, 4) is 5.75 Å². The van der Waals surface area contributed by atoms with Gasteiger partial charge in [0.15, 0.2) is 0 Å². The molecule has 2 rings (SSSR count). The van der Waals surface area contributed by atoms with Crippen LogP contribution in [-0.4, -0.2) is 13.7 Å². The summed E-state index contributed by atoms with van der Waals surface area (Å²) in [6, 6.07) is 11.7. The molecule has 0 fully saturated rings. The lowest BCUT2D eigenvalue weighted by Gasteiger charge is -2.21. The first kappa shape index (κ1) is 16.6. The van der Waals surface area contributed by atoms with Crippen LogP contribution in [0, 0.1) is 0 Å². The van der Waals surface area contributed by atoms with Gasteiger partial charge in [-0.15, -0.1) is 0 Å². The molecule has 0 saturated carbocycles. The van der Waals surface area contributed by atoms with Crippen molar-refractivity contribution in [2.75, 3.05) is 13.7 Å². The summed E-state index contributed by atoms with van der Waals surface area (Å²) in [5, 5.41) is 4.73. The largest absolute Gasteiger partial charge is 0.495 e. The second-order valence-electron chi connectivity index (χ2n) is 4.53. The van der Waals surface area contributed by atoms with Gasteiger partial charge in [0.05, 0.1) is 23.2 Å². The van der Waals surface area contributed by atoms with E-state index in [0.29, 0.717) is 15.8 Å². The van der Waals surface area contributed by atoms with E-state index in [4.69, 9.17) is 27.9 Å². The van der Waals surface area contributed by atoms with Crippen molar-refractivity contribution in [3.63, 3.8) is 0 Å². The molecule has 0 bridgehead atoms. The molecule has 1 unspecified atom stereocenters. The molecule has 21 heavy (non-hydrogen) atoms. The van der Waals surface area contributed by atoms with Gasteiger partial charge in [-0.1, -0.05) is 48.3 Å². The van der Waals surface area contributed by atoms with Crippen LogP contribution >= 0.6 is 39.1 Å². The highest BCUT2D eigenvalue weighted by Crippen LogP contribution is 2.35. The Balaban J connectivity index is 2.48. The second-order valence-corrected chi connectivity index (χ2v) is 6.17. The van der Waals surface area contributed by atoms with E-state index >= 15 is 0 Å². The molecule has 0 saturated heterocycles. The fourth-order valence-corrected chi connectivity index (χ4v) is 3.10. The molecule has 0 aliphatic rings. The first-order valence-electron chi connectivity index (χ1n) is 6.59. The van der Waals surface area contributed by atoms with E-state index in [1.54, 1.807) is 7.11 Å². The van der Waals surface area contributed by atoms with Crippen LogP contribution in [0.4, 0.5) is 0 Å². The zero-order valence-electron chi connectivity index (χ0n) is 11.8. The maximum Gasteiger partial charge on any atom is 0.137 e. The van der Waals surface area contributed by atoms with E-state index in [1.807, 2.05) is 36.4 Å². The third kappa shape index (κ3) is 3.72. The van der Waals surface area contributed by atoms with E-state index in [2.05, 4.69) is 28.2 Å². The van der Waals surface area contributed by atoms with Crippen LogP contribution < -0.4 is 10.1 Å². The Morgan fingerprint density at radius 1 is 1.24 bits per heavy atom. The number of nitrogens with one attached hydrogen (secondary N) is 1. The lowest BCUT2D eigenvalue weighted by molar-refractivity contribution is 0.414. The summed E-state index contributed by atoms with van der Waals surface area (Å²) in [4.78, 5) is 0. The molecule has 0 radical (unpaired) electrons. The number of methoxy groups -OCH3 is 1. The fraction of sp³-hybridized carbons (Fsp3) is 0.250. The van der Waals surface area contributed by atoms with Crippen molar-refractivity contribution in [2.24, 2.45) is 0 Å². The smallest absolute Gasteiger partial charge is 0.137 e. The maximum atomic E-state index is 6.43. The summed E-state index contributed by atoms with van der Waals surface area (Å²) in [5.74, 6) is 0.663. The minimum absolute atomic E-state index is 0.0246. The highest BCUT2D eigenvalue weighted by molar-refractivity contribution is 9.10. The Morgan fingerprint density at radius 3 is 2.62 bits per heavy atom. The van der Waals surface area contributed by atoms with Crippen LogP contribution in [0.2, 0.25) is 10.0 Å². The van der Waals surface area contributed by atoms with Gasteiger partial charge in [0, 0.05) is 4.47 Å². The van der Waals surface area contributed by atoms with Crippen molar-refractivity contribution >= 4 is 39.1 Å². The van der Waals surface area contributed by atoms with E-state index in [9.17, 15) is 0 Å². The fourth-order valence-electron chi connectivity index (χ4n) is 2.22. The monoisotopic (exact) mass is 387 g/mol. The molecule has 0 aliphatic heterocycles. The molecule has 5 heteroatoms. The first-order chi connectivity index (χ1) is 10.1. The molecule has 0 amide bonds. The molecule has 0 aliphatic carbocycles. The van der Waals surface area contributed by atoms with Gasteiger partial charge in [0.25, 0.3) is 0 Å². The molecule has 1 atom stereocenters. The molecule has 2 aromatic carbocycles. The van der Waals surface area contributed by atoms with Crippen LogP contribution in [0.5, 0.6) is 5.75 Å². The Labute approximate surface area is 143 Å². The predicted octanol–water partition coefficient (Wildman–Crippen LogP) is 5.46. The maximum absolute atomic E-state index is 6.43. The molecular formula is C16H16BrCl2NO. The number of benzene rings is 2. The van der Waals surface area contributed by atoms with Gasteiger partial charge in [0.2, 0.25) is 0 Å². The molecule has 112 valence electrons. The van der Waals surface area contributed by atoms with E-state index in [0.717, 1.165) is 22.1 Å². The lowest BCUT2D eigenvalue weighted by Crippen LogP contribution is -2.22. The van der Waals surface area contributed by atoms with Crippen LogP contribution in [0.3, 0.4) is 0 Å². The summed E-state index contributed by atoms with van der Waals surface area (Å²) in [6.07, 6.45) is 0. The zero-order valence-corrected chi connectivity index (χ0v) is 14.9. The van der Waals surface area contributed by atoms with Crippen LogP contribution in [0.1, 0.15) is 24.1 Å². The van der Waals surface area contributed by atoms with E-state index in [1.165, 1.54) is 0 Å². The minimum atomic E-state index is -0.0246. The SMILES string of the molecule is CCNC(c1ccc(OC)c(Cl)c1)c1cccc(Br)c1Cl. The van der Waals surface area contributed by atoms with Gasteiger partial charge in [-0.05, 0) is 51.8 Å². The predicted molar refractivity (Wildman–Crippen MR) is 92.7 cm³/mol. The van der Waals surface area contributed by atoms with Crippen LogP contribution in [0.15, 0.2) is 40.9 Å². The van der Waals surface area contributed by atoms with Crippen molar-refractivity contribution in [2.45, 2.75) is 13.0 Å².